The Labute approximate surface area is 168 Å². The highest BCUT2D eigenvalue weighted by molar-refractivity contribution is 5.88. The quantitative estimate of drug-likeness (QED) is 0.571. The van der Waals surface area contributed by atoms with Crippen LogP contribution in [0.15, 0.2) is 17.3 Å². The van der Waals surface area contributed by atoms with Crippen LogP contribution in [-0.4, -0.2) is 34.9 Å². The Morgan fingerprint density at radius 2 is 2.04 bits per heavy atom. The van der Waals surface area contributed by atoms with Crippen LogP contribution in [0.1, 0.15) is 72.1 Å². The molecule has 0 spiro atoms. The SMILES string of the molecule is C=C1C[C@H]2[C@@H]3CCC(=O)[C@@]3(C)CC[C@@H]2[C@@]2(C)CC/C(=N/OCC(C)N)C[C@]12O. The molecule has 28 heavy (non-hydrogen) atoms. The van der Waals surface area contributed by atoms with Gasteiger partial charge in [-0.2, -0.15) is 0 Å². The molecule has 0 amide bonds. The minimum Gasteiger partial charge on any atom is -0.394 e. The highest BCUT2D eigenvalue weighted by atomic mass is 16.6. The molecule has 5 heteroatoms. The van der Waals surface area contributed by atoms with Crippen molar-refractivity contribution in [3.05, 3.63) is 12.2 Å². The van der Waals surface area contributed by atoms with Crippen molar-refractivity contribution in [3.8, 4) is 0 Å². The summed E-state index contributed by atoms with van der Waals surface area (Å²) in [5, 5.41) is 16.2. The summed E-state index contributed by atoms with van der Waals surface area (Å²) in [6.45, 7) is 11.1. The zero-order valence-corrected chi connectivity index (χ0v) is 17.7. The van der Waals surface area contributed by atoms with E-state index in [1.165, 1.54) is 0 Å². The van der Waals surface area contributed by atoms with Crippen molar-refractivity contribution in [2.45, 2.75) is 83.8 Å². The van der Waals surface area contributed by atoms with Gasteiger partial charge < -0.3 is 15.7 Å². The summed E-state index contributed by atoms with van der Waals surface area (Å²) in [5.74, 6) is 1.81. The van der Waals surface area contributed by atoms with Crippen molar-refractivity contribution in [1.82, 2.24) is 0 Å². The van der Waals surface area contributed by atoms with Gasteiger partial charge in [-0.05, 0) is 68.8 Å². The topological polar surface area (TPSA) is 84.9 Å². The second-order valence-corrected chi connectivity index (χ2v) is 10.5. The van der Waals surface area contributed by atoms with Gasteiger partial charge in [-0.1, -0.05) is 25.6 Å². The van der Waals surface area contributed by atoms with Crippen molar-refractivity contribution >= 4 is 11.5 Å². The molecule has 4 fully saturated rings. The molecule has 3 N–H and O–H groups in total. The second kappa shape index (κ2) is 6.66. The molecular weight excluding hydrogens is 352 g/mol. The number of oxime groups is 1. The molecular formula is C23H36N2O3. The Bertz CT molecular complexity index is 717. The Hall–Kier alpha value is -1.20. The van der Waals surface area contributed by atoms with Gasteiger partial charge in [-0.15, -0.1) is 0 Å². The maximum absolute atomic E-state index is 12.6. The second-order valence-electron chi connectivity index (χ2n) is 10.5. The lowest BCUT2D eigenvalue weighted by Gasteiger charge is -2.63. The standard InChI is InChI=1S/C23H36N2O3/c1-14-11-17-18-5-6-20(26)21(18,3)9-8-19(17)22(4)10-7-16(12-23(14,22)27)25-28-13-15(2)24/h15,17-19,27H,1,5-13,24H2,2-4H3/b25-16-/t15?,17-,18-,19-,21-,22+,23-/m0/s1. The molecule has 0 bridgehead atoms. The van der Waals surface area contributed by atoms with E-state index in [1.54, 1.807) is 0 Å². The Kier molecular flexibility index (Phi) is 4.78. The van der Waals surface area contributed by atoms with Gasteiger partial charge in [-0.25, -0.2) is 0 Å². The van der Waals surface area contributed by atoms with E-state index in [0.29, 0.717) is 36.6 Å². The highest BCUT2D eigenvalue weighted by Crippen LogP contribution is 2.67. The predicted molar refractivity (Wildman–Crippen MR) is 110 cm³/mol. The number of fused-ring (bicyclic) bond motifs is 5. The Morgan fingerprint density at radius 1 is 1.29 bits per heavy atom. The van der Waals surface area contributed by atoms with Gasteiger partial charge in [0.15, 0.2) is 0 Å². The average Bonchev–Trinajstić information content (AvgIpc) is 2.93. The molecule has 0 radical (unpaired) electrons. The molecule has 4 aliphatic rings. The molecule has 0 saturated heterocycles. The van der Waals surface area contributed by atoms with Crippen molar-refractivity contribution < 1.29 is 14.7 Å². The minimum atomic E-state index is -0.931. The van der Waals surface area contributed by atoms with Crippen LogP contribution in [0.25, 0.3) is 0 Å². The molecule has 4 saturated carbocycles. The van der Waals surface area contributed by atoms with E-state index < -0.39 is 5.60 Å². The van der Waals surface area contributed by atoms with Gasteiger partial charge in [0.25, 0.3) is 0 Å². The van der Waals surface area contributed by atoms with E-state index in [4.69, 9.17) is 10.6 Å². The lowest BCUT2D eigenvalue weighted by atomic mass is 9.43. The smallest absolute Gasteiger partial charge is 0.139 e. The van der Waals surface area contributed by atoms with Gasteiger partial charge in [0.2, 0.25) is 0 Å². The Balaban J connectivity index is 1.60. The third kappa shape index (κ3) is 2.72. The summed E-state index contributed by atoms with van der Waals surface area (Å²) < 4.78 is 0. The first-order valence-electron chi connectivity index (χ1n) is 11.0. The first kappa shape index (κ1) is 20.1. The van der Waals surface area contributed by atoms with Crippen LogP contribution in [0.3, 0.4) is 0 Å². The van der Waals surface area contributed by atoms with E-state index in [-0.39, 0.29) is 16.9 Å². The van der Waals surface area contributed by atoms with E-state index in [1.807, 2.05) is 6.92 Å². The van der Waals surface area contributed by atoms with Crippen LogP contribution in [0.4, 0.5) is 0 Å². The van der Waals surface area contributed by atoms with Crippen molar-refractivity contribution in [2.75, 3.05) is 6.61 Å². The number of nitrogens with two attached hydrogens (primary N) is 1. The number of rotatable bonds is 3. The lowest BCUT2D eigenvalue weighted by Crippen LogP contribution is -2.63. The maximum Gasteiger partial charge on any atom is 0.139 e. The molecule has 0 aromatic carbocycles. The summed E-state index contributed by atoms with van der Waals surface area (Å²) in [4.78, 5) is 18.0. The maximum atomic E-state index is 12.6. The van der Waals surface area contributed by atoms with Crippen LogP contribution < -0.4 is 5.73 Å². The average molecular weight is 389 g/mol. The number of hydrogen-bond acceptors (Lipinski definition) is 5. The summed E-state index contributed by atoms with van der Waals surface area (Å²) in [5.41, 5.74) is 6.29. The Morgan fingerprint density at radius 3 is 2.75 bits per heavy atom. The molecule has 4 aliphatic carbocycles. The van der Waals surface area contributed by atoms with Crippen molar-refractivity contribution in [1.29, 1.82) is 0 Å². The number of ketones is 1. The normalized spacial score (nSPS) is 48.0. The van der Waals surface area contributed by atoms with Gasteiger partial charge in [0.1, 0.15) is 12.4 Å². The third-order valence-corrected chi connectivity index (χ3v) is 8.90. The van der Waals surface area contributed by atoms with E-state index in [9.17, 15) is 9.90 Å². The van der Waals surface area contributed by atoms with Crippen molar-refractivity contribution in [2.24, 2.45) is 39.5 Å². The van der Waals surface area contributed by atoms with Crippen molar-refractivity contribution in [3.63, 3.8) is 0 Å². The zero-order chi connectivity index (χ0) is 20.3. The first-order chi connectivity index (χ1) is 13.1. The summed E-state index contributed by atoms with van der Waals surface area (Å²) in [6.07, 6.45) is 6.80. The van der Waals surface area contributed by atoms with Gasteiger partial charge in [0.05, 0.1) is 11.3 Å². The van der Waals surface area contributed by atoms with Crippen LogP contribution in [0.5, 0.6) is 0 Å². The van der Waals surface area contributed by atoms with Gasteiger partial charge in [-0.3, -0.25) is 4.79 Å². The number of Topliss-reactive ketones (excluding diaryl/α,β-unsaturated/α-hetero) is 1. The number of hydrogen-bond donors (Lipinski definition) is 2. The van der Waals surface area contributed by atoms with E-state index in [2.05, 4.69) is 25.6 Å². The number of aliphatic hydroxyl groups is 1. The van der Waals surface area contributed by atoms with Crippen LogP contribution in [0.2, 0.25) is 0 Å². The summed E-state index contributed by atoms with van der Waals surface area (Å²) in [7, 11) is 0. The molecule has 0 aromatic heterocycles. The fourth-order valence-corrected chi connectivity index (χ4v) is 7.13. The third-order valence-electron chi connectivity index (χ3n) is 8.90. The van der Waals surface area contributed by atoms with Crippen LogP contribution in [-0.2, 0) is 9.63 Å². The molecule has 0 aliphatic heterocycles. The van der Waals surface area contributed by atoms with E-state index in [0.717, 1.165) is 56.2 Å². The zero-order valence-electron chi connectivity index (χ0n) is 17.7. The number of nitrogens with zero attached hydrogens (tertiary/aromatic N) is 1. The molecule has 7 atom stereocenters. The highest BCUT2D eigenvalue weighted by Gasteiger charge is 2.65. The molecule has 156 valence electrons. The molecule has 4 rings (SSSR count). The number of carbonyl (C=O) groups is 1. The molecule has 5 nitrogen and oxygen atoms in total. The summed E-state index contributed by atoms with van der Waals surface area (Å²) in [6, 6.07) is -0.0580. The largest absolute Gasteiger partial charge is 0.394 e. The van der Waals surface area contributed by atoms with E-state index >= 15 is 0 Å². The molecule has 1 unspecified atom stereocenters. The lowest BCUT2D eigenvalue weighted by molar-refractivity contribution is -0.161. The monoisotopic (exact) mass is 388 g/mol. The van der Waals surface area contributed by atoms with Gasteiger partial charge in [0, 0.05) is 29.7 Å². The summed E-state index contributed by atoms with van der Waals surface area (Å²) >= 11 is 0. The van der Waals surface area contributed by atoms with Crippen LogP contribution >= 0.6 is 0 Å². The molecule has 0 aromatic rings. The van der Waals surface area contributed by atoms with Crippen LogP contribution in [0, 0.1) is 28.6 Å². The predicted octanol–water partition coefficient (Wildman–Crippen LogP) is 3.60. The van der Waals surface area contributed by atoms with Gasteiger partial charge >= 0.3 is 0 Å². The minimum absolute atomic E-state index is 0.0580. The fraction of sp³-hybridized carbons (Fsp3) is 0.826. The fourth-order valence-electron chi connectivity index (χ4n) is 7.13. The first-order valence-corrected chi connectivity index (χ1v) is 11.0. The number of carbonyl (C=O) groups excluding carboxylic acids is 1. The molecule has 0 heterocycles.